The Labute approximate surface area is 218 Å². The molecule has 3 aromatic rings. The number of benzene rings is 2. The van der Waals surface area contributed by atoms with Gasteiger partial charge in [0.1, 0.15) is 5.69 Å². The number of carbonyl (C=O) groups is 3. The van der Waals surface area contributed by atoms with Gasteiger partial charge in [-0.1, -0.05) is 29.6 Å². The van der Waals surface area contributed by atoms with E-state index in [1.54, 1.807) is 42.5 Å². The zero-order valence-electron chi connectivity index (χ0n) is 19.4. The number of piperidine rings is 1. The molecule has 1 saturated heterocycles. The van der Waals surface area contributed by atoms with E-state index in [9.17, 15) is 14.4 Å². The molecular formula is C25H26Cl2N6O3. The molecule has 1 fully saturated rings. The van der Waals surface area contributed by atoms with E-state index in [-0.39, 0.29) is 23.2 Å². The van der Waals surface area contributed by atoms with Crippen LogP contribution in [-0.4, -0.2) is 58.8 Å². The van der Waals surface area contributed by atoms with Gasteiger partial charge in [-0.15, -0.1) is 0 Å². The highest BCUT2D eigenvalue weighted by Crippen LogP contribution is 2.23. The lowest BCUT2D eigenvalue weighted by atomic mass is 10.1. The summed E-state index contributed by atoms with van der Waals surface area (Å²) in [6.07, 6.45) is 4.93. The number of aromatic nitrogens is 2. The third-order valence-corrected chi connectivity index (χ3v) is 6.21. The summed E-state index contributed by atoms with van der Waals surface area (Å²) in [4.78, 5) is 46.9. The number of imidazole rings is 1. The number of hydrogen-bond donors (Lipinski definition) is 4. The first-order chi connectivity index (χ1) is 17.4. The van der Waals surface area contributed by atoms with Gasteiger partial charge in [0.15, 0.2) is 5.69 Å². The Bertz CT molecular complexity index is 1220. The van der Waals surface area contributed by atoms with Crippen molar-refractivity contribution in [3.05, 3.63) is 75.8 Å². The number of likely N-dealkylation sites (tertiary alicyclic amines) is 1. The lowest BCUT2D eigenvalue weighted by Crippen LogP contribution is -2.38. The second-order valence-electron chi connectivity index (χ2n) is 8.43. The van der Waals surface area contributed by atoms with Gasteiger partial charge in [0, 0.05) is 40.1 Å². The summed E-state index contributed by atoms with van der Waals surface area (Å²) >= 11 is 11.9. The third kappa shape index (κ3) is 6.84. The Morgan fingerprint density at radius 3 is 2.22 bits per heavy atom. The van der Waals surface area contributed by atoms with Gasteiger partial charge < -0.3 is 25.8 Å². The third-order valence-electron chi connectivity index (χ3n) is 5.77. The molecule has 0 atom stereocenters. The Balaban J connectivity index is 1.32. The van der Waals surface area contributed by atoms with Crippen LogP contribution >= 0.6 is 23.2 Å². The Morgan fingerprint density at radius 2 is 1.53 bits per heavy atom. The number of nitrogens with one attached hydrogen (secondary N) is 4. The highest BCUT2D eigenvalue weighted by atomic mass is 35.5. The quantitative estimate of drug-likeness (QED) is 0.344. The van der Waals surface area contributed by atoms with E-state index in [2.05, 4.69) is 30.8 Å². The van der Waals surface area contributed by atoms with Crippen molar-refractivity contribution in [3.8, 4) is 0 Å². The minimum absolute atomic E-state index is 0.00914. The van der Waals surface area contributed by atoms with Crippen LogP contribution in [0, 0.1) is 0 Å². The van der Waals surface area contributed by atoms with E-state index >= 15 is 0 Å². The van der Waals surface area contributed by atoms with Crippen LogP contribution in [0.4, 0.5) is 11.4 Å². The van der Waals surface area contributed by atoms with Crippen molar-refractivity contribution in [2.45, 2.75) is 19.3 Å². The zero-order chi connectivity index (χ0) is 25.5. The van der Waals surface area contributed by atoms with Gasteiger partial charge in [-0.2, -0.15) is 0 Å². The lowest BCUT2D eigenvalue weighted by Gasteiger charge is -2.26. The summed E-state index contributed by atoms with van der Waals surface area (Å²) in [6.45, 7) is 3.35. The molecule has 0 saturated carbocycles. The maximum atomic E-state index is 12.8. The molecule has 4 N–H and O–H groups in total. The molecule has 1 aliphatic rings. The van der Waals surface area contributed by atoms with Gasteiger partial charge in [-0.3, -0.25) is 14.4 Å². The molecule has 2 heterocycles. The molecule has 1 aromatic heterocycles. The number of aromatic amines is 1. The zero-order valence-corrected chi connectivity index (χ0v) is 21.0. The number of carbonyl (C=O) groups excluding carboxylic acids is 3. The van der Waals surface area contributed by atoms with Crippen LogP contribution in [0.15, 0.2) is 48.8 Å². The summed E-state index contributed by atoms with van der Waals surface area (Å²) < 4.78 is 0. The van der Waals surface area contributed by atoms with Crippen LogP contribution in [0.5, 0.6) is 0 Å². The molecular weight excluding hydrogens is 503 g/mol. The van der Waals surface area contributed by atoms with E-state index in [1.165, 1.54) is 25.6 Å². The predicted octanol–water partition coefficient (Wildman–Crippen LogP) is 4.44. The smallest absolute Gasteiger partial charge is 0.276 e. The summed E-state index contributed by atoms with van der Waals surface area (Å²) in [5.74, 6) is -1.28. The molecule has 4 rings (SSSR count). The van der Waals surface area contributed by atoms with E-state index in [1.807, 2.05) is 0 Å². The van der Waals surface area contributed by atoms with Crippen molar-refractivity contribution in [3.63, 3.8) is 0 Å². The van der Waals surface area contributed by atoms with E-state index < -0.39 is 5.91 Å². The first-order valence-corrected chi connectivity index (χ1v) is 12.4. The maximum absolute atomic E-state index is 12.8. The highest BCUT2D eigenvalue weighted by Gasteiger charge is 2.21. The number of hydrogen-bond acceptors (Lipinski definition) is 5. The Hall–Kier alpha value is -3.40. The van der Waals surface area contributed by atoms with Crippen molar-refractivity contribution >= 4 is 52.3 Å². The summed E-state index contributed by atoms with van der Waals surface area (Å²) in [5, 5.41) is 9.08. The van der Waals surface area contributed by atoms with E-state index in [4.69, 9.17) is 23.2 Å². The first kappa shape index (κ1) is 25.7. The van der Waals surface area contributed by atoms with E-state index in [0.29, 0.717) is 33.5 Å². The number of amides is 3. The van der Waals surface area contributed by atoms with Crippen LogP contribution < -0.4 is 16.0 Å². The minimum Gasteiger partial charge on any atom is -0.349 e. The van der Waals surface area contributed by atoms with Gasteiger partial charge >= 0.3 is 0 Å². The predicted molar refractivity (Wildman–Crippen MR) is 140 cm³/mol. The van der Waals surface area contributed by atoms with Crippen molar-refractivity contribution in [1.29, 1.82) is 0 Å². The molecule has 0 aliphatic carbocycles. The first-order valence-electron chi connectivity index (χ1n) is 11.6. The molecule has 36 heavy (non-hydrogen) atoms. The van der Waals surface area contributed by atoms with Crippen molar-refractivity contribution in [1.82, 2.24) is 20.2 Å². The second kappa shape index (κ2) is 12.0. The normalized spacial score (nSPS) is 13.7. The van der Waals surface area contributed by atoms with Gasteiger partial charge in [0.2, 0.25) is 0 Å². The molecule has 3 amide bonds. The summed E-state index contributed by atoms with van der Waals surface area (Å²) in [7, 11) is 0. The highest BCUT2D eigenvalue weighted by molar-refractivity contribution is 6.35. The van der Waals surface area contributed by atoms with Crippen LogP contribution in [0.3, 0.4) is 0 Å². The Morgan fingerprint density at radius 1 is 0.861 bits per heavy atom. The van der Waals surface area contributed by atoms with Gasteiger partial charge in [0.05, 0.1) is 6.33 Å². The Kier molecular flexibility index (Phi) is 8.58. The fourth-order valence-corrected chi connectivity index (χ4v) is 4.49. The molecule has 2 aromatic carbocycles. The van der Waals surface area contributed by atoms with Crippen LogP contribution in [0.1, 0.15) is 50.6 Å². The summed E-state index contributed by atoms with van der Waals surface area (Å²) in [5.41, 5.74) is 1.38. The molecule has 0 bridgehead atoms. The minimum atomic E-state index is -0.539. The fraction of sp³-hybridized carbons (Fsp3) is 0.280. The van der Waals surface area contributed by atoms with Gasteiger partial charge in [0.25, 0.3) is 17.7 Å². The van der Waals surface area contributed by atoms with Gasteiger partial charge in [-0.25, -0.2) is 4.98 Å². The molecule has 0 unspecified atom stereocenters. The average Bonchev–Trinajstić information content (AvgIpc) is 3.35. The SMILES string of the molecule is O=C(Nc1cc(Cl)cc(Cl)c1)c1ccc(NC(=O)c2nc[nH]c2C(=O)NCCN2CCCCC2)cc1. The topological polar surface area (TPSA) is 119 Å². The number of rotatable bonds is 8. The number of anilines is 2. The number of halogens is 2. The molecule has 9 nitrogen and oxygen atoms in total. The van der Waals surface area contributed by atoms with Crippen molar-refractivity contribution in [2.24, 2.45) is 0 Å². The average molecular weight is 529 g/mol. The van der Waals surface area contributed by atoms with Crippen molar-refractivity contribution < 1.29 is 14.4 Å². The molecule has 0 spiro atoms. The maximum Gasteiger partial charge on any atom is 0.276 e. The summed E-state index contributed by atoms with van der Waals surface area (Å²) in [6, 6.07) is 11.0. The molecule has 0 radical (unpaired) electrons. The molecule has 11 heteroatoms. The number of H-pyrrole nitrogens is 1. The standard InChI is InChI=1S/C25H26Cl2N6O3/c26-17-12-18(27)14-20(13-17)32-23(34)16-4-6-19(7-5-16)31-25(36)22-21(29-15-30-22)24(35)28-8-11-33-9-2-1-3-10-33/h4-7,12-15H,1-3,8-11H2,(H,28,35)(H,29,30)(H,31,36)(H,32,34). The van der Waals surface area contributed by atoms with Crippen LogP contribution in [-0.2, 0) is 0 Å². The molecule has 188 valence electrons. The monoisotopic (exact) mass is 528 g/mol. The van der Waals surface area contributed by atoms with Crippen LogP contribution in [0.25, 0.3) is 0 Å². The fourth-order valence-electron chi connectivity index (χ4n) is 3.96. The van der Waals surface area contributed by atoms with Gasteiger partial charge in [-0.05, 0) is 68.4 Å². The number of nitrogens with zero attached hydrogens (tertiary/aromatic N) is 2. The molecule has 1 aliphatic heterocycles. The van der Waals surface area contributed by atoms with Crippen LogP contribution in [0.2, 0.25) is 10.0 Å². The largest absolute Gasteiger partial charge is 0.349 e. The van der Waals surface area contributed by atoms with E-state index in [0.717, 1.165) is 19.6 Å². The second-order valence-corrected chi connectivity index (χ2v) is 9.30. The van der Waals surface area contributed by atoms with Crippen molar-refractivity contribution in [2.75, 3.05) is 36.8 Å². The lowest BCUT2D eigenvalue weighted by molar-refractivity contribution is 0.0929.